The highest BCUT2D eigenvalue weighted by atomic mass is 19.4. The minimum atomic E-state index is -4.35. The first-order chi connectivity index (χ1) is 9.95. The number of hydrogen-bond donors (Lipinski definition) is 3. The number of halogens is 3. The van der Waals surface area contributed by atoms with Crippen molar-refractivity contribution in [2.75, 3.05) is 18.4 Å². The number of nitrogens with two attached hydrogens (primary N) is 1. The third-order valence-electron chi connectivity index (χ3n) is 2.94. The maximum absolute atomic E-state index is 12.3. The van der Waals surface area contributed by atoms with Crippen LogP contribution in [0.1, 0.15) is 24.8 Å². The Balaban J connectivity index is 1.66. The minimum Gasteiger partial charge on any atom is -0.370 e. The molecule has 1 aliphatic carbocycles. The maximum Gasteiger partial charge on any atom is 0.417 e. The van der Waals surface area contributed by atoms with Crippen LogP contribution in [0, 0.1) is 0 Å². The van der Waals surface area contributed by atoms with E-state index in [4.69, 9.17) is 5.73 Å². The number of rotatable bonds is 6. The zero-order chi connectivity index (χ0) is 15.3. The number of hydrogen-bond acceptors (Lipinski definition) is 3. The van der Waals surface area contributed by atoms with E-state index in [-0.39, 0.29) is 0 Å². The minimum absolute atomic E-state index is 0.413. The molecular formula is C13H18F3N5. The summed E-state index contributed by atoms with van der Waals surface area (Å²) >= 11 is 0. The number of nitrogens with one attached hydrogen (secondary N) is 2. The fourth-order valence-corrected chi connectivity index (χ4v) is 1.64. The summed E-state index contributed by atoms with van der Waals surface area (Å²) in [5.74, 6) is 0.862. The lowest BCUT2D eigenvalue weighted by Gasteiger charge is -2.08. The molecule has 21 heavy (non-hydrogen) atoms. The molecule has 0 aromatic carbocycles. The number of aromatic nitrogens is 1. The van der Waals surface area contributed by atoms with Gasteiger partial charge in [0.15, 0.2) is 5.96 Å². The summed E-state index contributed by atoms with van der Waals surface area (Å²) in [6.45, 7) is 1.12. The number of alkyl halides is 3. The molecule has 0 amide bonds. The topological polar surface area (TPSA) is 75.3 Å². The Hall–Kier alpha value is -1.99. The Morgan fingerprint density at radius 2 is 2.14 bits per heavy atom. The normalized spacial score (nSPS) is 15.9. The summed E-state index contributed by atoms with van der Waals surface area (Å²) in [7, 11) is 0. The van der Waals surface area contributed by atoms with Crippen molar-refractivity contribution in [3.63, 3.8) is 0 Å². The van der Waals surface area contributed by atoms with Gasteiger partial charge in [-0.3, -0.25) is 4.99 Å². The van der Waals surface area contributed by atoms with Gasteiger partial charge in [-0.05, 0) is 31.4 Å². The predicted octanol–water partition coefficient (Wildman–Crippen LogP) is 1.97. The first kappa shape index (κ1) is 15.4. The lowest BCUT2D eigenvalue weighted by molar-refractivity contribution is -0.137. The van der Waals surface area contributed by atoms with Gasteiger partial charge in [0.2, 0.25) is 0 Å². The van der Waals surface area contributed by atoms with Crippen LogP contribution >= 0.6 is 0 Å². The number of nitrogens with zero attached hydrogens (tertiary/aromatic N) is 2. The Bertz CT molecular complexity index is 480. The molecule has 1 fully saturated rings. The van der Waals surface area contributed by atoms with Gasteiger partial charge < -0.3 is 16.4 Å². The van der Waals surface area contributed by atoms with Crippen LogP contribution in [0.15, 0.2) is 23.3 Å². The van der Waals surface area contributed by atoms with Crippen molar-refractivity contribution < 1.29 is 13.2 Å². The summed E-state index contributed by atoms with van der Waals surface area (Å²) < 4.78 is 37.0. The molecule has 1 saturated carbocycles. The van der Waals surface area contributed by atoms with Crippen molar-refractivity contribution >= 4 is 11.8 Å². The highest BCUT2D eigenvalue weighted by molar-refractivity contribution is 5.78. The third kappa shape index (κ3) is 5.49. The van der Waals surface area contributed by atoms with E-state index in [1.54, 1.807) is 0 Å². The number of guanidine groups is 1. The van der Waals surface area contributed by atoms with Crippen LogP contribution in [0.25, 0.3) is 0 Å². The van der Waals surface area contributed by atoms with E-state index < -0.39 is 11.7 Å². The van der Waals surface area contributed by atoms with Gasteiger partial charge in [0.05, 0.1) is 5.56 Å². The molecule has 1 aromatic rings. The number of pyridine rings is 1. The van der Waals surface area contributed by atoms with Crippen molar-refractivity contribution in [1.29, 1.82) is 0 Å². The SMILES string of the molecule is NC(=NCCCNc1ccc(C(F)(F)F)cn1)NC1CC1. The molecule has 0 unspecified atom stereocenters. The monoisotopic (exact) mass is 301 g/mol. The van der Waals surface area contributed by atoms with Crippen LogP contribution in [0.3, 0.4) is 0 Å². The van der Waals surface area contributed by atoms with Gasteiger partial charge in [0.25, 0.3) is 0 Å². The second-order valence-electron chi connectivity index (χ2n) is 4.90. The van der Waals surface area contributed by atoms with E-state index in [2.05, 4.69) is 20.6 Å². The van der Waals surface area contributed by atoms with Gasteiger partial charge in [-0.25, -0.2) is 4.98 Å². The van der Waals surface area contributed by atoms with Crippen molar-refractivity contribution in [1.82, 2.24) is 10.3 Å². The Kier molecular flexibility index (Phi) is 4.87. The van der Waals surface area contributed by atoms with E-state index in [9.17, 15) is 13.2 Å². The molecule has 0 atom stereocenters. The van der Waals surface area contributed by atoms with Crippen LogP contribution in [0.4, 0.5) is 19.0 Å². The Morgan fingerprint density at radius 3 is 2.71 bits per heavy atom. The van der Waals surface area contributed by atoms with E-state index in [0.29, 0.717) is 30.9 Å². The molecule has 116 valence electrons. The first-order valence-electron chi connectivity index (χ1n) is 6.79. The van der Waals surface area contributed by atoms with Gasteiger partial charge in [0, 0.05) is 25.3 Å². The van der Waals surface area contributed by atoms with Gasteiger partial charge >= 0.3 is 6.18 Å². The average Bonchev–Trinajstić information content (AvgIpc) is 3.22. The molecular weight excluding hydrogens is 283 g/mol. The van der Waals surface area contributed by atoms with Gasteiger partial charge in [-0.15, -0.1) is 0 Å². The highest BCUT2D eigenvalue weighted by Gasteiger charge is 2.30. The second-order valence-corrected chi connectivity index (χ2v) is 4.90. The molecule has 2 rings (SSSR count). The van der Waals surface area contributed by atoms with Crippen molar-refractivity contribution in [2.24, 2.45) is 10.7 Å². The number of aliphatic imine (C=N–C) groups is 1. The predicted molar refractivity (Wildman–Crippen MR) is 75.0 cm³/mol. The van der Waals surface area contributed by atoms with Crippen LogP contribution < -0.4 is 16.4 Å². The zero-order valence-corrected chi connectivity index (χ0v) is 11.5. The lowest BCUT2D eigenvalue weighted by atomic mass is 10.3. The third-order valence-corrected chi connectivity index (χ3v) is 2.94. The summed E-state index contributed by atoms with van der Waals surface area (Å²) in [4.78, 5) is 7.88. The maximum atomic E-state index is 12.3. The zero-order valence-electron chi connectivity index (χ0n) is 11.5. The summed E-state index contributed by atoms with van der Waals surface area (Å²) in [5.41, 5.74) is 4.91. The van der Waals surface area contributed by atoms with Crippen LogP contribution in [0.5, 0.6) is 0 Å². The van der Waals surface area contributed by atoms with Gasteiger partial charge in [0.1, 0.15) is 5.82 Å². The van der Waals surface area contributed by atoms with Crippen molar-refractivity contribution in [3.8, 4) is 0 Å². The van der Waals surface area contributed by atoms with Crippen LogP contribution in [-0.2, 0) is 6.18 Å². The lowest BCUT2D eigenvalue weighted by Crippen LogP contribution is -2.33. The fourth-order valence-electron chi connectivity index (χ4n) is 1.64. The van der Waals surface area contributed by atoms with Gasteiger partial charge in [-0.1, -0.05) is 0 Å². The molecule has 0 radical (unpaired) electrons. The summed E-state index contributed by atoms with van der Waals surface area (Å²) in [6.07, 6.45) is -0.547. The van der Waals surface area contributed by atoms with E-state index >= 15 is 0 Å². The standard InChI is InChI=1S/C13H18F3N5/c14-13(15,16)9-2-5-11(20-8-9)18-6-1-7-19-12(17)21-10-3-4-10/h2,5,8,10H,1,3-4,6-7H2,(H,18,20)(H3,17,19,21). The second kappa shape index (κ2) is 6.64. The number of anilines is 1. The smallest absolute Gasteiger partial charge is 0.370 e. The quantitative estimate of drug-likeness (QED) is 0.426. The Morgan fingerprint density at radius 1 is 1.38 bits per heavy atom. The average molecular weight is 301 g/mol. The van der Waals surface area contributed by atoms with E-state index in [1.165, 1.54) is 6.07 Å². The molecule has 0 bridgehead atoms. The fraction of sp³-hybridized carbons (Fsp3) is 0.538. The first-order valence-corrected chi connectivity index (χ1v) is 6.79. The molecule has 1 aromatic heterocycles. The molecule has 0 saturated heterocycles. The van der Waals surface area contributed by atoms with Crippen LogP contribution in [-0.4, -0.2) is 30.1 Å². The largest absolute Gasteiger partial charge is 0.417 e. The molecule has 5 nitrogen and oxygen atoms in total. The van der Waals surface area contributed by atoms with E-state index in [0.717, 1.165) is 31.5 Å². The van der Waals surface area contributed by atoms with E-state index in [1.807, 2.05) is 0 Å². The van der Waals surface area contributed by atoms with Crippen LogP contribution in [0.2, 0.25) is 0 Å². The molecule has 8 heteroatoms. The highest BCUT2D eigenvalue weighted by Crippen LogP contribution is 2.28. The molecule has 0 spiro atoms. The molecule has 1 heterocycles. The Labute approximate surface area is 120 Å². The molecule has 1 aliphatic rings. The van der Waals surface area contributed by atoms with Crippen molar-refractivity contribution in [3.05, 3.63) is 23.9 Å². The van der Waals surface area contributed by atoms with Crippen molar-refractivity contribution in [2.45, 2.75) is 31.5 Å². The summed E-state index contributed by atoms with van der Waals surface area (Å²) in [5, 5.41) is 6.01. The van der Waals surface area contributed by atoms with Gasteiger partial charge in [-0.2, -0.15) is 13.2 Å². The summed E-state index contributed by atoms with van der Waals surface area (Å²) in [6, 6.07) is 2.79. The molecule has 4 N–H and O–H groups in total. The molecule has 0 aliphatic heterocycles.